The molecule has 1 amide bonds. The number of nitrogens with zero attached hydrogens (tertiary/aromatic N) is 3. The standard InChI is InChI=1S/C20H18Cl2N4O2S/c1-11(18(27)25-24-9-12-6-7-13(21)8-15(12)22)26-10-23-19-17(20(26)28)14-4-2-3-5-16(14)29-19/h6-11H,2-5H2,1H3,(H,25,27)/b24-9+/t11-/m0/s1. The highest BCUT2D eigenvalue weighted by Crippen LogP contribution is 2.33. The number of halogens is 2. The van der Waals surface area contributed by atoms with Crippen LogP contribution in [-0.4, -0.2) is 21.7 Å². The van der Waals surface area contributed by atoms with Gasteiger partial charge in [0.25, 0.3) is 11.5 Å². The maximum atomic E-state index is 13.1. The van der Waals surface area contributed by atoms with Gasteiger partial charge in [0.1, 0.15) is 10.9 Å². The number of benzene rings is 1. The van der Waals surface area contributed by atoms with Gasteiger partial charge in [-0.05, 0) is 50.3 Å². The summed E-state index contributed by atoms with van der Waals surface area (Å²) in [6.07, 6.45) is 6.98. The first-order valence-corrected chi connectivity index (χ1v) is 10.8. The average Bonchev–Trinajstić information content (AvgIpc) is 3.08. The fourth-order valence-electron chi connectivity index (χ4n) is 3.43. The molecule has 1 aliphatic carbocycles. The summed E-state index contributed by atoms with van der Waals surface area (Å²) in [7, 11) is 0. The van der Waals surface area contributed by atoms with Crippen molar-refractivity contribution >= 4 is 56.9 Å². The fourth-order valence-corrected chi connectivity index (χ4v) is 5.10. The quantitative estimate of drug-likeness (QED) is 0.475. The van der Waals surface area contributed by atoms with Crippen molar-refractivity contribution in [2.75, 3.05) is 0 Å². The van der Waals surface area contributed by atoms with Crippen LogP contribution in [0.2, 0.25) is 10.0 Å². The minimum Gasteiger partial charge on any atom is -0.286 e. The van der Waals surface area contributed by atoms with Gasteiger partial charge < -0.3 is 0 Å². The number of hydrogen-bond acceptors (Lipinski definition) is 5. The van der Waals surface area contributed by atoms with Gasteiger partial charge in [-0.3, -0.25) is 14.2 Å². The molecule has 0 bridgehead atoms. The summed E-state index contributed by atoms with van der Waals surface area (Å²) in [5.74, 6) is -0.418. The molecule has 6 nitrogen and oxygen atoms in total. The van der Waals surface area contributed by atoms with Gasteiger partial charge in [0.15, 0.2) is 0 Å². The zero-order chi connectivity index (χ0) is 20.5. The van der Waals surface area contributed by atoms with Gasteiger partial charge in [0, 0.05) is 15.5 Å². The molecule has 0 saturated carbocycles. The Kier molecular flexibility index (Phi) is 5.72. The molecule has 0 unspecified atom stereocenters. The highest BCUT2D eigenvalue weighted by atomic mass is 35.5. The van der Waals surface area contributed by atoms with Crippen LogP contribution < -0.4 is 11.0 Å². The van der Waals surface area contributed by atoms with E-state index < -0.39 is 11.9 Å². The summed E-state index contributed by atoms with van der Waals surface area (Å²) in [6.45, 7) is 1.65. The van der Waals surface area contributed by atoms with Crippen molar-refractivity contribution in [2.45, 2.75) is 38.6 Å². The number of amides is 1. The van der Waals surface area contributed by atoms with Crippen LogP contribution in [0.1, 0.15) is 41.8 Å². The summed E-state index contributed by atoms with van der Waals surface area (Å²) in [6, 6.07) is 4.22. The summed E-state index contributed by atoms with van der Waals surface area (Å²) in [5, 5.41) is 5.54. The van der Waals surface area contributed by atoms with Crippen LogP contribution in [-0.2, 0) is 17.6 Å². The van der Waals surface area contributed by atoms with E-state index >= 15 is 0 Å². The summed E-state index contributed by atoms with van der Waals surface area (Å²) in [4.78, 5) is 32.0. The first-order valence-electron chi connectivity index (χ1n) is 9.25. The zero-order valence-electron chi connectivity index (χ0n) is 15.6. The van der Waals surface area contributed by atoms with Crippen LogP contribution in [0.3, 0.4) is 0 Å². The lowest BCUT2D eigenvalue weighted by Gasteiger charge is -2.14. The van der Waals surface area contributed by atoms with E-state index in [0.717, 1.165) is 36.1 Å². The molecule has 2 heterocycles. The second-order valence-corrected chi connectivity index (χ2v) is 8.85. The molecule has 0 fully saturated rings. The zero-order valence-corrected chi connectivity index (χ0v) is 17.9. The number of hydrazone groups is 1. The van der Waals surface area contributed by atoms with Crippen molar-refractivity contribution in [3.05, 3.63) is 60.9 Å². The largest absolute Gasteiger partial charge is 0.286 e. The molecule has 1 atom stereocenters. The highest BCUT2D eigenvalue weighted by Gasteiger charge is 2.23. The van der Waals surface area contributed by atoms with Gasteiger partial charge in [-0.1, -0.05) is 29.3 Å². The van der Waals surface area contributed by atoms with Crippen molar-refractivity contribution in [1.29, 1.82) is 0 Å². The van der Waals surface area contributed by atoms with Gasteiger partial charge in [-0.25, -0.2) is 10.4 Å². The van der Waals surface area contributed by atoms with E-state index in [0.29, 0.717) is 21.0 Å². The minimum atomic E-state index is -0.753. The van der Waals surface area contributed by atoms with Crippen molar-refractivity contribution in [1.82, 2.24) is 15.0 Å². The highest BCUT2D eigenvalue weighted by molar-refractivity contribution is 7.18. The Balaban J connectivity index is 1.55. The van der Waals surface area contributed by atoms with Gasteiger partial charge in [0.2, 0.25) is 0 Å². The maximum Gasteiger partial charge on any atom is 0.263 e. The molecule has 0 radical (unpaired) electrons. The first kappa shape index (κ1) is 20.1. The molecule has 0 spiro atoms. The molecule has 1 aromatic carbocycles. The lowest BCUT2D eigenvalue weighted by molar-refractivity contribution is -0.123. The number of aryl methyl sites for hydroxylation is 2. The summed E-state index contributed by atoms with van der Waals surface area (Å²) in [5.41, 5.74) is 4.00. The molecular formula is C20H18Cl2N4O2S. The lowest BCUT2D eigenvalue weighted by Crippen LogP contribution is -2.34. The van der Waals surface area contributed by atoms with Gasteiger partial charge in [-0.15, -0.1) is 11.3 Å². The van der Waals surface area contributed by atoms with E-state index in [1.165, 1.54) is 22.0 Å². The normalized spacial score (nSPS) is 14.9. The van der Waals surface area contributed by atoms with Crippen LogP contribution in [0.4, 0.5) is 0 Å². The smallest absolute Gasteiger partial charge is 0.263 e. The Labute approximate surface area is 181 Å². The number of carbonyl (C=O) groups is 1. The topological polar surface area (TPSA) is 76.3 Å². The van der Waals surface area contributed by atoms with Crippen molar-refractivity contribution in [3.8, 4) is 0 Å². The number of aromatic nitrogens is 2. The monoisotopic (exact) mass is 448 g/mol. The van der Waals surface area contributed by atoms with E-state index in [1.54, 1.807) is 36.5 Å². The molecule has 0 saturated heterocycles. The van der Waals surface area contributed by atoms with Gasteiger partial charge in [0.05, 0.1) is 23.0 Å². The molecule has 1 aliphatic rings. The Morgan fingerprint density at radius 1 is 1.34 bits per heavy atom. The molecule has 2 aromatic heterocycles. The third-order valence-corrected chi connectivity index (χ3v) is 6.80. The van der Waals surface area contributed by atoms with Crippen molar-refractivity contribution < 1.29 is 4.79 Å². The van der Waals surface area contributed by atoms with Gasteiger partial charge >= 0.3 is 0 Å². The first-order chi connectivity index (χ1) is 14.0. The molecular weight excluding hydrogens is 431 g/mol. The van der Waals surface area contributed by atoms with E-state index in [1.807, 2.05) is 0 Å². The number of fused-ring (bicyclic) bond motifs is 3. The molecule has 1 N–H and O–H groups in total. The molecule has 0 aliphatic heterocycles. The fraction of sp³-hybridized carbons (Fsp3) is 0.300. The Bertz CT molecular complexity index is 1190. The number of nitrogens with one attached hydrogen (secondary N) is 1. The Hall–Kier alpha value is -2.22. The predicted molar refractivity (Wildman–Crippen MR) is 117 cm³/mol. The van der Waals surface area contributed by atoms with Crippen molar-refractivity contribution in [3.63, 3.8) is 0 Å². The molecule has 9 heteroatoms. The number of carbonyl (C=O) groups excluding carboxylic acids is 1. The van der Waals surface area contributed by atoms with Crippen LogP contribution >= 0.6 is 34.5 Å². The van der Waals surface area contributed by atoms with Crippen molar-refractivity contribution in [2.24, 2.45) is 5.10 Å². The lowest BCUT2D eigenvalue weighted by atomic mass is 9.97. The third-order valence-electron chi connectivity index (χ3n) is 5.04. The summed E-state index contributed by atoms with van der Waals surface area (Å²) < 4.78 is 1.37. The second kappa shape index (κ2) is 8.26. The molecule has 29 heavy (non-hydrogen) atoms. The third kappa shape index (κ3) is 3.95. The van der Waals surface area contributed by atoms with Crippen LogP contribution in [0.25, 0.3) is 10.2 Å². The molecule has 150 valence electrons. The number of hydrogen-bond donors (Lipinski definition) is 1. The van der Waals surface area contributed by atoms with E-state index in [9.17, 15) is 9.59 Å². The second-order valence-electron chi connectivity index (χ2n) is 6.92. The Morgan fingerprint density at radius 3 is 2.93 bits per heavy atom. The number of rotatable bonds is 4. The predicted octanol–water partition coefficient (Wildman–Crippen LogP) is 4.35. The molecule has 4 rings (SSSR count). The minimum absolute atomic E-state index is 0.179. The van der Waals surface area contributed by atoms with Crippen LogP contribution in [0, 0.1) is 0 Å². The number of thiophene rings is 1. The van der Waals surface area contributed by atoms with E-state index in [2.05, 4.69) is 15.5 Å². The Morgan fingerprint density at radius 2 is 2.14 bits per heavy atom. The van der Waals surface area contributed by atoms with Crippen LogP contribution in [0.15, 0.2) is 34.4 Å². The SMILES string of the molecule is C[C@@H](C(=O)N/N=C/c1ccc(Cl)cc1Cl)n1cnc2sc3c(c2c1=O)CCCC3. The van der Waals surface area contributed by atoms with E-state index in [4.69, 9.17) is 23.2 Å². The van der Waals surface area contributed by atoms with Gasteiger partial charge in [-0.2, -0.15) is 5.10 Å². The van der Waals surface area contributed by atoms with E-state index in [-0.39, 0.29) is 5.56 Å². The molecule has 3 aromatic rings. The maximum absolute atomic E-state index is 13.1. The summed E-state index contributed by atoms with van der Waals surface area (Å²) >= 11 is 13.5. The van der Waals surface area contributed by atoms with Crippen LogP contribution in [0.5, 0.6) is 0 Å². The average molecular weight is 449 g/mol.